The van der Waals surface area contributed by atoms with Gasteiger partial charge in [-0.2, -0.15) is 0 Å². The maximum Gasteiger partial charge on any atom is 0.261 e. The van der Waals surface area contributed by atoms with Crippen molar-refractivity contribution in [2.24, 2.45) is 5.92 Å². The minimum absolute atomic E-state index is 0.0719. The van der Waals surface area contributed by atoms with E-state index >= 15 is 0 Å². The summed E-state index contributed by atoms with van der Waals surface area (Å²) >= 11 is 0. The standard InChI is InChI=1S/C26H34N2O2/c1-19-7-6-16-28(18-19)23-14-12-21(13-15-23)17-27-26(29)20(2)30-25-11-5-9-22-8-3-4-10-24(22)25/h5,9,11-15,19-20H,3-4,6-8,10,16-18H2,1-2H3,(H,27,29)/t19-,20+/m0/s1. The molecule has 0 spiro atoms. The summed E-state index contributed by atoms with van der Waals surface area (Å²) in [6.07, 6.45) is 6.67. The number of aryl methyl sites for hydroxylation is 1. The molecule has 1 saturated heterocycles. The molecule has 4 rings (SSSR count). The first-order valence-corrected chi connectivity index (χ1v) is 11.5. The Morgan fingerprint density at radius 1 is 1.13 bits per heavy atom. The van der Waals surface area contributed by atoms with Crippen LogP contribution in [0.5, 0.6) is 5.75 Å². The zero-order valence-electron chi connectivity index (χ0n) is 18.3. The second-order valence-electron chi connectivity index (χ2n) is 8.94. The highest BCUT2D eigenvalue weighted by molar-refractivity contribution is 5.80. The number of fused-ring (bicyclic) bond motifs is 1. The summed E-state index contributed by atoms with van der Waals surface area (Å²) in [5, 5.41) is 3.03. The van der Waals surface area contributed by atoms with E-state index in [4.69, 9.17) is 4.74 Å². The van der Waals surface area contributed by atoms with E-state index in [1.807, 2.05) is 19.1 Å². The third-order valence-corrected chi connectivity index (χ3v) is 6.45. The van der Waals surface area contributed by atoms with Crippen LogP contribution in [0.15, 0.2) is 42.5 Å². The van der Waals surface area contributed by atoms with Gasteiger partial charge in [0.25, 0.3) is 5.91 Å². The molecule has 2 aromatic rings. The Balaban J connectivity index is 1.30. The topological polar surface area (TPSA) is 41.6 Å². The summed E-state index contributed by atoms with van der Waals surface area (Å²) < 4.78 is 6.05. The molecule has 2 aromatic carbocycles. The van der Waals surface area contributed by atoms with Gasteiger partial charge in [-0.1, -0.05) is 31.2 Å². The summed E-state index contributed by atoms with van der Waals surface area (Å²) in [5.41, 5.74) is 5.05. The third-order valence-electron chi connectivity index (χ3n) is 6.45. The molecule has 1 aliphatic heterocycles. The van der Waals surface area contributed by atoms with Crippen molar-refractivity contribution in [1.29, 1.82) is 0 Å². The van der Waals surface area contributed by atoms with Gasteiger partial charge < -0.3 is 15.0 Å². The highest BCUT2D eigenvalue weighted by Gasteiger charge is 2.20. The van der Waals surface area contributed by atoms with Crippen LogP contribution in [0.3, 0.4) is 0 Å². The third kappa shape index (κ3) is 4.97. The van der Waals surface area contributed by atoms with Gasteiger partial charge in [-0.05, 0) is 86.3 Å². The molecule has 0 bridgehead atoms. The zero-order chi connectivity index (χ0) is 20.9. The molecule has 1 fully saturated rings. The first-order chi connectivity index (χ1) is 14.6. The monoisotopic (exact) mass is 406 g/mol. The Kier molecular flexibility index (Phi) is 6.61. The molecule has 2 atom stereocenters. The summed E-state index contributed by atoms with van der Waals surface area (Å²) in [6, 6.07) is 14.8. The summed E-state index contributed by atoms with van der Waals surface area (Å²) in [6.45, 7) is 6.95. The molecule has 4 nitrogen and oxygen atoms in total. The molecule has 30 heavy (non-hydrogen) atoms. The van der Waals surface area contributed by atoms with E-state index < -0.39 is 6.10 Å². The van der Waals surface area contributed by atoms with Crippen molar-refractivity contribution in [2.75, 3.05) is 18.0 Å². The average molecular weight is 407 g/mol. The highest BCUT2D eigenvalue weighted by atomic mass is 16.5. The van der Waals surface area contributed by atoms with E-state index in [1.165, 1.54) is 42.5 Å². The van der Waals surface area contributed by atoms with E-state index in [0.717, 1.165) is 43.2 Å². The number of rotatable bonds is 6. The second-order valence-corrected chi connectivity index (χ2v) is 8.94. The Morgan fingerprint density at radius 2 is 1.93 bits per heavy atom. The molecule has 0 saturated carbocycles. The van der Waals surface area contributed by atoms with Gasteiger partial charge in [0.15, 0.2) is 6.10 Å². The van der Waals surface area contributed by atoms with Gasteiger partial charge in [-0.25, -0.2) is 0 Å². The number of nitrogens with one attached hydrogen (secondary N) is 1. The number of nitrogens with zero attached hydrogens (tertiary/aromatic N) is 1. The van der Waals surface area contributed by atoms with Crippen LogP contribution in [0.2, 0.25) is 0 Å². The van der Waals surface area contributed by atoms with E-state index in [0.29, 0.717) is 6.54 Å². The van der Waals surface area contributed by atoms with Gasteiger partial charge in [0.2, 0.25) is 0 Å². The molecule has 4 heteroatoms. The largest absolute Gasteiger partial charge is 0.481 e. The van der Waals surface area contributed by atoms with Gasteiger partial charge >= 0.3 is 0 Å². The molecular weight excluding hydrogens is 372 g/mol. The van der Waals surface area contributed by atoms with Crippen molar-refractivity contribution in [3.63, 3.8) is 0 Å². The van der Waals surface area contributed by atoms with Crippen LogP contribution in [0.1, 0.15) is 56.2 Å². The number of carbonyl (C=O) groups is 1. The maximum absolute atomic E-state index is 12.6. The minimum Gasteiger partial charge on any atom is -0.481 e. The van der Waals surface area contributed by atoms with Crippen molar-refractivity contribution >= 4 is 11.6 Å². The van der Waals surface area contributed by atoms with Crippen LogP contribution in [-0.4, -0.2) is 25.1 Å². The zero-order valence-corrected chi connectivity index (χ0v) is 18.3. The lowest BCUT2D eigenvalue weighted by Crippen LogP contribution is -2.36. The fourth-order valence-corrected chi connectivity index (χ4v) is 4.68. The quantitative estimate of drug-likeness (QED) is 0.743. The Labute approximate surface area is 180 Å². The molecule has 2 aliphatic rings. The summed E-state index contributed by atoms with van der Waals surface area (Å²) in [4.78, 5) is 15.1. The molecule has 1 heterocycles. The van der Waals surface area contributed by atoms with Crippen molar-refractivity contribution < 1.29 is 9.53 Å². The lowest BCUT2D eigenvalue weighted by atomic mass is 9.91. The normalized spacial score (nSPS) is 19.7. The van der Waals surface area contributed by atoms with Crippen molar-refractivity contribution in [3.05, 3.63) is 59.2 Å². The molecule has 0 radical (unpaired) electrons. The van der Waals surface area contributed by atoms with Crippen molar-refractivity contribution in [3.8, 4) is 5.75 Å². The smallest absolute Gasteiger partial charge is 0.261 e. The number of benzene rings is 2. The van der Waals surface area contributed by atoms with E-state index in [1.54, 1.807) is 0 Å². The van der Waals surface area contributed by atoms with Gasteiger partial charge in [0.1, 0.15) is 5.75 Å². The van der Waals surface area contributed by atoms with E-state index in [2.05, 4.69) is 47.5 Å². The molecule has 1 N–H and O–H groups in total. The summed E-state index contributed by atoms with van der Waals surface area (Å²) in [5.74, 6) is 1.56. The average Bonchev–Trinajstić information content (AvgIpc) is 2.78. The Hall–Kier alpha value is -2.49. The van der Waals surface area contributed by atoms with Gasteiger partial charge in [-0.15, -0.1) is 0 Å². The molecular formula is C26H34N2O2. The predicted octanol–water partition coefficient (Wildman–Crippen LogP) is 4.89. The molecule has 160 valence electrons. The fourth-order valence-electron chi connectivity index (χ4n) is 4.68. The van der Waals surface area contributed by atoms with E-state index in [-0.39, 0.29) is 5.91 Å². The molecule has 1 amide bonds. The number of amides is 1. The SMILES string of the molecule is C[C@H]1CCCN(c2ccc(CNC(=O)[C@@H](C)Oc3cccc4c3CCCC4)cc2)C1. The van der Waals surface area contributed by atoms with Crippen molar-refractivity contribution in [1.82, 2.24) is 5.32 Å². The number of ether oxygens (including phenoxy) is 1. The Bertz CT molecular complexity index is 862. The lowest BCUT2D eigenvalue weighted by Gasteiger charge is -2.32. The van der Waals surface area contributed by atoms with E-state index in [9.17, 15) is 4.79 Å². The lowest BCUT2D eigenvalue weighted by molar-refractivity contribution is -0.127. The van der Waals surface area contributed by atoms with Crippen LogP contribution >= 0.6 is 0 Å². The number of carbonyl (C=O) groups excluding carboxylic acids is 1. The Morgan fingerprint density at radius 3 is 2.73 bits per heavy atom. The first-order valence-electron chi connectivity index (χ1n) is 11.5. The van der Waals surface area contributed by atoms with Gasteiger partial charge in [0, 0.05) is 25.3 Å². The van der Waals surface area contributed by atoms with Crippen LogP contribution < -0.4 is 15.0 Å². The van der Waals surface area contributed by atoms with Crippen molar-refractivity contribution in [2.45, 2.75) is 65.0 Å². The van der Waals surface area contributed by atoms with Gasteiger partial charge in [-0.3, -0.25) is 4.79 Å². The fraction of sp³-hybridized carbons (Fsp3) is 0.500. The predicted molar refractivity (Wildman–Crippen MR) is 122 cm³/mol. The minimum atomic E-state index is -0.507. The number of anilines is 1. The first kappa shape index (κ1) is 20.8. The highest BCUT2D eigenvalue weighted by Crippen LogP contribution is 2.30. The van der Waals surface area contributed by atoms with Crippen LogP contribution in [0.4, 0.5) is 5.69 Å². The number of piperidine rings is 1. The van der Waals surface area contributed by atoms with Crippen LogP contribution in [0, 0.1) is 5.92 Å². The summed E-state index contributed by atoms with van der Waals surface area (Å²) in [7, 11) is 0. The van der Waals surface area contributed by atoms with Crippen LogP contribution in [-0.2, 0) is 24.2 Å². The number of hydrogen-bond acceptors (Lipinski definition) is 3. The molecule has 1 aliphatic carbocycles. The van der Waals surface area contributed by atoms with Gasteiger partial charge in [0.05, 0.1) is 0 Å². The molecule has 0 aromatic heterocycles. The van der Waals surface area contributed by atoms with Crippen LogP contribution in [0.25, 0.3) is 0 Å². The maximum atomic E-state index is 12.6. The number of hydrogen-bond donors (Lipinski definition) is 1. The molecule has 0 unspecified atom stereocenters. The second kappa shape index (κ2) is 9.55.